The fourth-order valence-electron chi connectivity index (χ4n) is 2.32. The van der Waals surface area contributed by atoms with Crippen molar-refractivity contribution in [3.8, 4) is 0 Å². The van der Waals surface area contributed by atoms with Gasteiger partial charge in [-0.3, -0.25) is 19.4 Å². The molecule has 8 heteroatoms. The molecule has 3 N–H and O–H groups in total. The minimum absolute atomic E-state index is 0.256. The third-order valence-corrected chi connectivity index (χ3v) is 4.49. The molecule has 138 valence electrons. The second-order valence-corrected chi connectivity index (χ2v) is 6.63. The van der Waals surface area contributed by atoms with Crippen molar-refractivity contribution in [3.63, 3.8) is 0 Å². The average Bonchev–Trinajstić information content (AvgIpc) is 3.21. The predicted molar refractivity (Wildman–Crippen MR) is 104 cm³/mol. The zero-order valence-electron chi connectivity index (χ0n) is 14.4. The number of nitrogens with zero attached hydrogens (tertiary/aromatic N) is 2. The molecule has 0 spiro atoms. The van der Waals surface area contributed by atoms with E-state index in [-0.39, 0.29) is 19.1 Å². The predicted octanol–water partition coefficient (Wildman–Crippen LogP) is 3.07. The molecule has 3 aromatic rings. The van der Waals surface area contributed by atoms with Crippen LogP contribution in [0.4, 0.5) is 11.4 Å². The average molecular weight is 382 g/mol. The smallest absolute Gasteiger partial charge is 0.255 e. The minimum atomic E-state index is -0.256. The number of amides is 2. The maximum Gasteiger partial charge on any atom is 0.255 e. The summed E-state index contributed by atoms with van der Waals surface area (Å²) in [4.78, 5) is 33.9. The van der Waals surface area contributed by atoms with Gasteiger partial charge in [0.25, 0.3) is 5.91 Å². The van der Waals surface area contributed by atoms with Crippen LogP contribution in [-0.2, 0) is 22.8 Å². The van der Waals surface area contributed by atoms with Crippen molar-refractivity contribution in [2.75, 3.05) is 11.1 Å². The van der Waals surface area contributed by atoms with E-state index in [2.05, 4.69) is 10.3 Å². The topological polar surface area (TPSA) is 97.6 Å². The van der Waals surface area contributed by atoms with Gasteiger partial charge >= 0.3 is 0 Å². The zero-order valence-corrected chi connectivity index (χ0v) is 15.2. The van der Waals surface area contributed by atoms with Crippen LogP contribution in [0.25, 0.3) is 0 Å². The second-order valence-electron chi connectivity index (χ2n) is 5.66. The Kier molecular flexibility index (Phi) is 6.14. The summed E-state index contributed by atoms with van der Waals surface area (Å²) in [5, 5.41) is 3.98. The summed E-state index contributed by atoms with van der Waals surface area (Å²) in [6.07, 6.45) is 2.32. The molecular formula is C19H18N4O3S. The van der Waals surface area contributed by atoms with Crippen molar-refractivity contribution in [2.24, 2.45) is 0 Å². The van der Waals surface area contributed by atoms with Gasteiger partial charge in [-0.15, -0.1) is 11.3 Å². The fourth-order valence-corrected chi connectivity index (χ4v) is 2.82. The first kappa shape index (κ1) is 18.6. The maximum atomic E-state index is 12.3. The van der Waals surface area contributed by atoms with Crippen LogP contribution < -0.4 is 11.1 Å². The van der Waals surface area contributed by atoms with Gasteiger partial charge in [0.2, 0.25) is 6.41 Å². The molecule has 2 aromatic carbocycles. The highest BCUT2D eigenvalue weighted by atomic mass is 32.1. The van der Waals surface area contributed by atoms with E-state index in [0.29, 0.717) is 23.3 Å². The highest BCUT2D eigenvalue weighted by Gasteiger charge is 2.09. The summed E-state index contributed by atoms with van der Waals surface area (Å²) < 4.78 is 0. The SMILES string of the molecule is Nc1ccccc1NC(=O)c1ccc(CN(C=O)OCc2cncs2)cc1. The molecule has 0 radical (unpaired) electrons. The summed E-state index contributed by atoms with van der Waals surface area (Å²) in [6.45, 7) is 0.554. The Morgan fingerprint density at radius 1 is 1.22 bits per heavy atom. The van der Waals surface area contributed by atoms with Gasteiger partial charge in [0, 0.05) is 11.8 Å². The number of hydrogen-bond acceptors (Lipinski definition) is 6. The van der Waals surface area contributed by atoms with Crippen molar-refractivity contribution in [1.29, 1.82) is 0 Å². The van der Waals surface area contributed by atoms with Crippen molar-refractivity contribution in [1.82, 2.24) is 10.0 Å². The Balaban J connectivity index is 1.58. The molecule has 27 heavy (non-hydrogen) atoms. The first-order chi connectivity index (χ1) is 13.2. The lowest BCUT2D eigenvalue weighted by molar-refractivity contribution is -0.180. The number of rotatable bonds is 8. The van der Waals surface area contributed by atoms with Crippen LogP contribution in [0.15, 0.2) is 60.2 Å². The quantitative estimate of drug-likeness (QED) is 0.354. The number of hydrogen-bond donors (Lipinski definition) is 2. The van der Waals surface area contributed by atoms with E-state index in [0.717, 1.165) is 10.4 Å². The molecule has 7 nitrogen and oxygen atoms in total. The van der Waals surface area contributed by atoms with E-state index in [9.17, 15) is 9.59 Å². The zero-order chi connectivity index (χ0) is 19.1. The van der Waals surface area contributed by atoms with Crippen molar-refractivity contribution >= 4 is 35.0 Å². The normalized spacial score (nSPS) is 10.4. The van der Waals surface area contributed by atoms with Crippen molar-refractivity contribution in [3.05, 3.63) is 76.2 Å². The summed E-state index contributed by atoms with van der Waals surface area (Å²) in [5.74, 6) is -0.256. The molecule has 0 aliphatic carbocycles. The number of aromatic nitrogens is 1. The highest BCUT2D eigenvalue weighted by Crippen LogP contribution is 2.18. The van der Waals surface area contributed by atoms with Gasteiger partial charge in [0.05, 0.1) is 28.3 Å². The Bertz CT molecular complexity index is 898. The van der Waals surface area contributed by atoms with E-state index in [1.807, 2.05) is 0 Å². The summed E-state index contributed by atoms with van der Waals surface area (Å²) in [7, 11) is 0. The molecule has 0 aliphatic rings. The second kappa shape index (κ2) is 8.93. The minimum Gasteiger partial charge on any atom is -0.397 e. The third-order valence-electron chi connectivity index (χ3n) is 3.74. The number of carbonyl (C=O) groups excluding carboxylic acids is 2. The van der Waals surface area contributed by atoms with E-state index in [1.165, 1.54) is 16.4 Å². The van der Waals surface area contributed by atoms with Crippen LogP contribution in [0.5, 0.6) is 0 Å². The molecule has 0 saturated carbocycles. The summed E-state index contributed by atoms with van der Waals surface area (Å²) in [5.41, 5.74) is 9.93. The number of anilines is 2. The molecule has 1 heterocycles. The van der Waals surface area contributed by atoms with Crippen LogP contribution in [-0.4, -0.2) is 22.4 Å². The van der Waals surface area contributed by atoms with Crippen LogP contribution in [0, 0.1) is 0 Å². The van der Waals surface area contributed by atoms with E-state index < -0.39 is 0 Å². The van der Waals surface area contributed by atoms with Gasteiger partial charge in [0.15, 0.2) is 0 Å². The molecule has 0 atom stereocenters. The van der Waals surface area contributed by atoms with Gasteiger partial charge in [-0.1, -0.05) is 24.3 Å². The van der Waals surface area contributed by atoms with E-state index >= 15 is 0 Å². The largest absolute Gasteiger partial charge is 0.397 e. The number of para-hydroxylation sites is 2. The van der Waals surface area contributed by atoms with Crippen LogP contribution in [0.2, 0.25) is 0 Å². The van der Waals surface area contributed by atoms with Crippen LogP contribution >= 0.6 is 11.3 Å². The lowest BCUT2D eigenvalue weighted by Crippen LogP contribution is -2.21. The first-order valence-corrected chi connectivity index (χ1v) is 9.00. The number of benzene rings is 2. The highest BCUT2D eigenvalue weighted by molar-refractivity contribution is 7.09. The number of thiazole rings is 1. The Hall–Kier alpha value is -3.23. The molecule has 0 bridgehead atoms. The van der Waals surface area contributed by atoms with Gasteiger partial charge in [-0.25, -0.2) is 5.06 Å². The fraction of sp³-hybridized carbons (Fsp3) is 0.105. The molecule has 0 fully saturated rings. The van der Waals surface area contributed by atoms with Crippen molar-refractivity contribution in [2.45, 2.75) is 13.2 Å². The van der Waals surface area contributed by atoms with E-state index in [4.69, 9.17) is 10.6 Å². The third kappa shape index (κ3) is 5.13. The molecule has 1 aromatic heterocycles. The Morgan fingerprint density at radius 3 is 2.67 bits per heavy atom. The Morgan fingerprint density at radius 2 is 2.00 bits per heavy atom. The molecule has 0 aliphatic heterocycles. The standard InChI is InChI=1S/C19H18N4O3S/c20-17-3-1-2-4-18(17)22-19(25)15-7-5-14(6-8-15)10-23(13-24)26-11-16-9-21-12-27-16/h1-9,12-13H,10-11,20H2,(H,22,25). The summed E-state index contributed by atoms with van der Waals surface area (Å²) >= 11 is 1.46. The number of nitrogens with one attached hydrogen (secondary N) is 1. The van der Waals surface area contributed by atoms with E-state index in [1.54, 1.807) is 60.2 Å². The molecular weight excluding hydrogens is 364 g/mol. The summed E-state index contributed by atoms with van der Waals surface area (Å²) in [6, 6.07) is 14.0. The Labute approximate surface area is 160 Å². The maximum absolute atomic E-state index is 12.3. The lowest BCUT2D eigenvalue weighted by atomic mass is 10.1. The number of carbonyl (C=O) groups is 2. The van der Waals surface area contributed by atoms with Crippen LogP contribution in [0.3, 0.4) is 0 Å². The molecule has 3 rings (SSSR count). The number of hydroxylamine groups is 2. The number of nitrogens with two attached hydrogens (primary N) is 1. The van der Waals surface area contributed by atoms with Gasteiger partial charge < -0.3 is 11.1 Å². The van der Waals surface area contributed by atoms with Gasteiger partial charge in [-0.2, -0.15) is 0 Å². The molecule has 0 unspecified atom stereocenters. The van der Waals surface area contributed by atoms with Gasteiger partial charge in [0.1, 0.15) is 6.61 Å². The van der Waals surface area contributed by atoms with Crippen molar-refractivity contribution < 1.29 is 14.4 Å². The molecule has 2 amide bonds. The van der Waals surface area contributed by atoms with Gasteiger partial charge in [-0.05, 0) is 29.8 Å². The number of nitrogen functional groups attached to an aromatic ring is 1. The monoisotopic (exact) mass is 382 g/mol. The first-order valence-electron chi connectivity index (χ1n) is 8.12. The lowest BCUT2D eigenvalue weighted by Gasteiger charge is -2.16. The van der Waals surface area contributed by atoms with Crippen LogP contribution in [0.1, 0.15) is 20.8 Å². The molecule has 0 saturated heterocycles.